The monoisotopic (exact) mass is 201 g/mol. The minimum Gasteiger partial charge on any atom is -0.345 e. The average Bonchev–Trinajstić information content (AvgIpc) is 2.55. The molecule has 0 unspecified atom stereocenters. The predicted molar refractivity (Wildman–Crippen MR) is 50.9 cm³/mol. The summed E-state index contributed by atoms with van der Waals surface area (Å²) in [6.07, 6.45) is 1.53. The lowest BCUT2D eigenvalue weighted by atomic mass is 10.1. The number of carbonyl (C=O) groups is 1. The second kappa shape index (κ2) is 3.79. The molecule has 1 amide bonds. The van der Waals surface area contributed by atoms with Gasteiger partial charge in [0.05, 0.1) is 0 Å². The molecule has 1 aromatic rings. The number of halogens is 1. The summed E-state index contributed by atoms with van der Waals surface area (Å²) in [5.74, 6) is 0.176. The standard InChI is InChI=1S/C8H12ClN3O/c1-8(2,5-9)11-7(13)6-3-4-10-12-6/h3-4H,5H2,1-2H3,(H,10,12)(H,11,13). The molecule has 0 fully saturated rings. The van der Waals surface area contributed by atoms with Crippen molar-refractivity contribution < 1.29 is 4.79 Å². The molecule has 0 aromatic carbocycles. The van der Waals surface area contributed by atoms with Gasteiger partial charge in [-0.15, -0.1) is 11.6 Å². The fourth-order valence-corrected chi connectivity index (χ4v) is 0.857. The molecule has 0 atom stereocenters. The highest BCUT2D eigenvalue weighted by atomic mass is 35.5. The van der Waals surface area contributed by atoms with Crippen molar-refractivity contribution >= 4 is 17.5 Å². The zero-order valence-electron chi connectivity index (χ0n) is 7.60. The number of aromatic nitrogens is 2. The molecule has 1 heterocycles. The Morgan fingerprint density at radius 3 is 2.92 bits per heavy atom. The fraction of sp³-hybridized carbons (Fsp3) is 0.500. The van der Waals surface area contributed by atoms with E-state index in [1.807, 2.05) is 13.8 Å². The van der Waals surface area contributed by atoms with Crippen molar-refractivity contribution in [2.75, 3.05) is 5.88 Å². The second-order valence-corrected chi connectivity index (χ2v) is 3.71. The highest BCUT2D eigenvalue weighted by Gasteiger charge is 2.20. The van der Waals surface area contributed by atoms with Crippen LogP contribution in [0.4, 0.5) is 0 Å². The number of nitrogens with zero attached hydrogens (tertiary/aromatic N) is 1. The summed E-state index contributed by atoms with van der Waals surface area (Å²) >= 11 is 5.66. The van der Waals surface area contributed by atoms with E-state index in [1.54, 1.807) is 6.07 Å². The number of nitrogens with one attached hydrogen (secondary N) is 2. The number of rotatable bonds is 3. The Hall–Kier alpha value is -1.03. The summed E-state index contributed by atoms with van der Waals surface area (Å²) in [5.41, 5.74) is 0.0437. The summed E-state index contributed by atoms with van der Waals surface area (Å²) in [5, 5.41) is 9.02. The number of amides is 1. The lowest BCUT2D eigenvalue weighted by Crippen LogP contribution is -2.45. The summed E-state index contributed by atoms with van der Waals surface area (Å²) in [6, 6.07) is 1.61. The maximum absolute atomic E-state index is 11.4. The van der Waals surface area contributed by atoms with Crippen LogP contribution in [-0.4, -0.2) is 27.5 Å². The highest BCUT2D eigenvalue weighted by molar-refractivity contribution is 6.18. The van der Waals surface area contributed by atoms with E-state index in [2.05, 4.69) is 15.5 Å². The molecule has 5 heteroatoms. The molecule has 1 rings (SSSR count). The van der Waals surface area contributed by atoms with Gasteiger partial charge in [-0.25, -0.2) is 0 Å². The van der Waals surface area contributed by atoms with Gasteiger partial charge in [-0.3, -0.25) is 9.89 Å². The molecule has 0 spiro atoms. The molecule has 1 aromatic heterocycles. The first-order valence-corrected chi connectivity index (χ1v) is 4.46. The van der Waals surface area contributed by atoms with E-state index in [0.29, 0.717) is 11.6 Å². The minimum absolute atomic E-state index is 0.192. The summed E-state index contributed by atoms with van der Waals surface area (Å²) < 4.78 is 0. The van der Waals surface area contributed by atoms with E-state index >= 15 is 0 Å². The molecule has 0 bridgehead atoms. The number of hydrogen-bond acceptors (Lipinski definition) is 2. The van der Waals surface area contributed by atoms with Gasteiger partial charge in [-0.1, -0.05) is 0 Å². The van der Waals surface area contributed by atoms with Crippen molar-refractivity contribution in [3.05, 3.63) is 18.0 Å². The fourth-order valence-electron chi connectivity index (χ4n) is 0.790. The van der Waals surface area contributed by atoms with Crippen LogP contribution >= 0.6 is 11.6 Å². The van der Waals surface area contributed by atoms with Gasteiger partial charge in [0.25, 0.3) is 5.91 Å². The quantitative estimate of drug-likeness (QED) is 0.721. The summed E-state index contributed by atoms with van der Waals surface area (Å²) in [7, 11) is 0. The zero-order chi connectivity index (χ0) is 9.90. The largest absolute Gasteiger partial charge is 0.345 e. The Bertz CT molecular complexity index is 282. The maximum Gasteiger partial charge on any atom is 0.269 e. The lowest BCUT2D eigenvalue weighted by Gasteiger charge is -2.22. The highest BCUT2D eigenvalue weighted by Crippen LogP contribution is 2.05. The molecule has 2 N–H and O–H groups in total. The molecule has 4 nitrogen and oxygen atoms in total. The summed E-state index contributed by atoms with van der Waals surface area (Å²) in [6.45, 7) is 3.71. The maximum atomic E-state index is 11.4. The first-order chi connectivity index (χ1) is 6.05. The molecule has 13 heavy (non-hydrogen) atoms. The van der Waals surface area contributed by atoms with E-state index in [9.17, 15) is 4.79 Å². The van der Waals surface area contributed by atoms with Crippen molar-refractivity contribution in [3.8, 4) is 0 Å². The smallest absolute Gasteiger partial charge is 0.269 e. The Morgan fingerprint density at radius 2 is 2.46 bits per heavy atom. The summed E-state index contributed by atoms with van der Waals surface area (Å²) in [4.78, 5) is 11.4. The molecule has 0 aliphatic heterocycles. The number of H-pyrrole nitrogens is 1. The van der Waals surface area contributed by atoms with Crippen LogP contribution < -0.4 is 5.32 Å². The third kappa shape index (κ3) is 2.73. The first-order valence-electron chi connectivity index (χ1n) is 3.93. The average molecular weight is 202 g/mol. The van der Waals surface area contributed by atoms with E-state index in [-0.39, 0.29) is 5.91 Å². The van der Waals surface area contributed by atoms with Crippen molar-refractivity contribution in [1.82, 2.24) is 15.5 Å². The minimum atomic E-state index is -0.399. The van der Waals surface area contributed by atoms with Crippen LogP contribution in [0.5, 0.6) is 0 Å². The molecule has 72 valence electrons. The molecule has 0 aliphatic carbocycles. The van der Waals surface area contributed by atoms with Gasteiger partial charge >= 0.3 is 0 Å². The molecule has 0 aliphatic rings. The third-order valence-electron chi connectivity index (χ3n) is 1.53. The van der Waals surface area contributed by atoms with Gasteiger partial charge in [0.15, 0.2) is 0 Å². The van der Waals surface area contributed by atoms with Crippen molar-refractivity contribution in [3.63, 3.8) is 0 Å². The molecule has 0 saturated heterocycles. The Kier molecular flexibility index (Phi) is 2.93. The Balaban J connectivity index is 2.61. The van der Waals surface area contributed by atoms with Gasteiger partial charge in [-0.2, -0.15) is 5.10 Å². The number of hydrogen-bond donors (Lipinski definition) is 2. The predicted octanol–water partition coefficient (Wildman–Crippen LogP) is 1.16. The topological polar surface area (TPSA) is 57.8 Å². The van der Waals surface area contributed by atoms with Crippen LogP contribution in [0.1, 0.15) is 24.3 Å². The molecular formula is C8H12ClN3O. The Morgan fingerprint density at radius 1 is 1.77 bits per heavy atom. The van der Waals surface area contributed by atoms with E-state index in [1.165, 1.54) is 6.20 Å². The van der Waals surface area contributed by atoms with Gasteiger partial charge in [0, 0.05) is 17.6 Å². The molecule has 0 radical (unpaired) electrons. The van der Waals surface area contributed by atoms with E-state index < -0.39 is 5.54 Å². The van der Waals surface area contributed by atoms with Crippen LogP contribution in [0, 0.1) is 0 Å². The van der Waals surface area contributed by atoms with Crippen LogP contribution in [0.3, 0.4) is 0 Å². The van der Waals surface area contributed by atoms with Gasteiger partial charge in [0.2, 0.25) is 0 Å². The SMILES string of the molecule is CC(C)(CCl)NC(=O)c1ccn[nH]1. The lowest BCUT2D eigenvalue weighted by molar-refractivity contribution is 0.0915. The molecular weight excluding hydrogens is 190 g/mol. The third-order valence-corrected chi connectivity index (χ3v) is 2.20. The van der Waals surface area contributed by atoms with Crippen molar-refractivity contribution in [2.45, 2.75) is 19.4 Å². The van der Waals surface area contributed by atoms with Crippen molar-refractivity contribution in [1.29, 1.82) is 0 Å². The Labute approximate surface area is 81.7 Å². The molecule has 0 saturated carbocycles. The van der Waals surface area contributed by atoms with Gasteiger partial charge < -0.3 is 5.32 Å². The van der Waals surface area contributed by atoms with Gasteiger partial charge in [0.1, 0.15) is 5.69 Å². The number of carbonyl (C=O) groups excluding carboxylic acids is 1. The van der Waals surface area contributed by atoms with Crippen LogP contribution in [0.25, 0.3) is 0 Å². The van der Waals surface area contributed by atoms with Crippen LogP contribution in [0.15, 0.2) is 12.3 Å². The van der Waals surface area contributed by atoms with Crippen molar-refractivity contribution in [2.24, 2.45) is 0 Å². The first kappa shape index (κ1) is 10.1. The number of aromatic amines is 1. The van der Waals surface area contributed by atoms with Gasteiger partial charge in [-0.05, 0) is 19.9 Å². The number of alkyl halides is 1. The zero-order valence-corrected chi connectivity index (χ0v) is 8.35. The second-order valence-electron chi connectivity index (χ2n) is 3.44. The van der Waals surface area contributed by atoms with E-state index in [0.717, 1.165) is 0 Å². The van der Waals surface area contributed by atoms with E-state index in [4.69, 9.17) is 11.6 Å². The van der Waals surface area contributed by atoms with Crippen LogP contribution in [-0.2, 0) is 0 Å². The normalized spacial score (nSPS) is 11.3. The van der Waals surface area contributed by atoms with Crippen LogP contribution in [0.2, 0.25) is 0 Å².